The molecule has 3 aromatic rings. The first-order chi connectivity index (χ1) is 14.5. The van der Waals surface area contributed by atoms with Gasteiger partial charge in [0.2, 0.25) is 0 Å². The van der Waals surface area contributed by atoms with Crippen LogP contribution in [0.1, 0.15) is 20.8 Å². The van der Waals surface area contributed by atoms with E-state index in [-0.39, 0.29) is 16.5 Å². The van der Waals surface area contributed by atoms with Gasteiger partial charge in [-0.05, 0) is 69.3 Å². The Hall–Kier alpha value is -2.93. The van der Waals surface area contributed by atoms with Gasteiger partial charge in [-0.1, -0.05) is 36.4 Å². The summed E-state index contributed by atoms with van der Waals surface area (Å²) in [7, 11) is -0.102. The first-order valence-electron chi connectivity index (χ1n) is 9.39. The van der Waals surface area contributed by atoms with E-state index in [1.807, 2.05) is 0 Å². The predicted molar refractivity (Wildman–Crippen MR) is 113 cm³/mol. The third-order valence-electron chi connectivity index (χ3n) is 3.67. The van der Waals surface area contributed by atoms with E-state index in [9.17, 15) is 13.2 Å². The predicted octanol–water partition coefficient (Wildman–Crippen LogP) is 5.26. The van der Waals surface area contributed by atoms with Crippen LogP contribution in [0, 0.1) is 0 Å². The molecule has 3 rings (SSSR count). The summed E-state index contributed by atoms with van der Waals surface area (Å²) in [6.45, 7) is 6.21. The van der Waals surface area contributed by atoms with Crippen LogP contribution >= 0.6 is 0 Å². The van der Waals surface area contributed by atoms with E-state index in [2.05, 4.69) is 106 Å². The minimum atomic E-state index is -5.19. The number of carboxylic acid groups (broad SMARTS) is 1. The average Bonchev–Trinajstić information content (AvgIpc) is 2.70. The molecule has 3 aromatic carbocycles. The number of alkyl halides is 3. The van der Waals surface area contributed by atoms with Gasteiger partial charge in [-0.2, -0.15) is 13.2 Å². The van der Waals surface area contributed by atoms with Gasteiger partial charge >= 0.3 is 6.18 Å². The van der Waals surface area contributed by atoms with E-state index >= 15 is 0 Å². The monoisotopic (exact) mass is 448 g/mol. The van der Waals surface area contributed by atoms with Crippen LogP contribution in [0.3, 0.4) is 0 Å². The molecule has 0 saturated heterocycles. The molecule has 0 heterocycles. The van der Waals surface area contributed by atoms with Crippen LogP contribution in [-0.4, -0.2) is 17.7 Å². The molecule has 0 radical (unpaired) electrons. The van der Waals surface area contributed by atoms with E-state index < -0.39 is 12.1 Å². The molecule has 0 atom stereocenters. The molecule has 0 aliphatic heterocycles. The Balaban J connectivity index is 0.000000423. The number of rotatable bonds is 4. The lowest BCUT2D eigenvalue weighted by atomic mass is 10.2. The summed E-state index contributed by atoms with van der Waals surface area (Å²) >= 11 is 0. The molecule has 3 nitrogen and oxygen atoms in total. The summed E-state index contributed by atoms with van der Waals surface area (Å²) in [4.78, 5) is 12.7. The molecule has 0 aliphatic rings. The van der Waals surface area contributed by atoms with Gasteiger partial charge in [0.25, 0.3) is 0 Å². The number of carbonyl (C=O) groups is 1. The van der Waals surface area contributed by atoms with Gasteiger partial charge in [0.05, 0.1) is 10.9 Å². The van der Waals surface area contributed by atoms with Crippen LogP contribution < -0.4 is 9.84 Å². The lowest BCUT2D eigenvalue weighted by Crippen LogP contribution is -2.37. The summed E-state index contributed by atoms with van der Waals surface area (Å²) in [5.74, 6) is -2.09. The van der Waals surface area contributed by atoms with Crippen molar-refractivity contribution in [2.24, 2.45) is 0 Å². The second kappa shape index (κ2) is 10.4. The minimum absolute atomic E-state index is 0.102. The lowest BCUT2D eigenvalue weighted by molar-refractivity contribution is -0.344. The average molecular weight is 449 g/mol. The van der Waals surface area contributed by atoms with E-state index in [0.717, 1.165) is 5.75 Å². The largest absolute Gasteiger partial charge is 0.542 e. The maximum Gasteiger partial charge on any atom is 0.430 e. The van der Waals surface area contributed by atoms with Gasteiger partial charge in [0, 0.05) is 0 Å². The summed E-state index contributed by atoms with van der Waals surface area (Å²) < 4.78 is 37.5. The summed E-state index contributed by atoms with van der Waals surface area (Å²) in [6.07, 6.45) is -5.19. The highest BCUT2D eigenvalue weighted by molar-refractivity contribution is 7.97. The molecule has 7 heteroatoms. The topological polar surface area (TPSA) is 49.4 Å². The van der Waals surface area contributed by atoms with Crippen molar-refractivity contribution in [3.05, 3.63) is 84.9 Å². The minimum Gasteiger partial charge on any atom is -0.542 e. The number of hydrogen-bond donors (Lipinski definition) is 0. The molecule has 0 saturated carbocycles. The third-order valence-corrected chi connectivity index (χ3v) is 5.90. The molecule has 0 spiro atoms. The fourth-order valence-corrected chi connectivity index (χ4v) is 4.60. The van der Waals surface area contributed by atoms with Crippen molar-refractivity contribution in [2.75, 3.05) is 0 Å². The maximum absolute atomic E-state index is 10.5. The zero-order valence-electron chi connectivity index (χ0n) is 17.3. The van der Waals surface area contributed by atoms with Crippen molar-refractivity contribution >= 4 is 16.9 Å². The molecule has 0 fully saturated rings. The molecule has 31 heavy (non-hydrogen) atoms. The molecule has 0 unspecified atom stereocenters. The zero-order valence-corrected chi connectivity index (χ0v) is 18.2. The fourth-order valence-electron chi connectivity index (χ4n) is 2.52. The molecule has 0 bridgehead atoms. The second-order valence-electron chi connectivity index (χ2n) is 7.40. The number of ether oxygens (including phenoxy) is 1. The zero-order chi connectivity index (χ0) is 23.1. The van der Waals surface area contributed by atoms with Crippen molar-refractivity contribution < 1.29 is 27.8 Å². The van der Waals surface area contributed by atoms with E-state index in [1.54, 1.807) is 0 Å². The van der Waals surface area contributed by atoms with E-state index in [4.69, 9.17) is 14.6 Å². The highest BCUT2D eigenvalue weighted by Crippen LogP contribution is 2.32. The van der Waals surface area contributed by atoms with Crippen molar-refractivity contribution in [2.45, 2.75) is 47.2 Å². The summed E-state index contributed by atoms with van der Waals surface area (Å²) in [5.41, 5.74) is -0.179. The Morgan fingerprint density at radius 2 is 1.10 bits per heavy atom. The van der Waals surface area contributed by atoms with Gasteiger partial charge in [0.1, 0.15) is 17.3 Å². The van der Waals surface area contributed by atoms with Crippen molar-refractivity contribution in [3.8, 4) is 5.75 Å². The SMILES string of the molecule is CC(C)(C)Oc1ccc([S+](c2ccccc2)c2ccccc2)cc1.O=C([O-])C(F)(F)F. The van der Waals surface area contributed by atoms with Gasteiger partial charge in [0.15, 0.2) is 14.7 Å². The highest BCUT2D eigenvalue weighted by Gasteiger charge is 2.29. The number of hydrogen-bond acceptors (Lipinski definition) is 3. The van der Waals surface area contributed by atoms with Crippen LogP contribution in [0.25, 0.3) is 0 Å². The van der Waals surface area contributed by atoms with Gasteiger partial charge in [-0.15, -0.1) is 0 Å². The van der Waals surface area contributed by atoms with Gasteiger partial charge < -0.3 is 14.6 Å². The first-order valence-corrected chi connectivity index (χ1v) is 10.6. The standard InChI is InChI=1S/C22H23OS.C2HF3O2/c1-22(2,3)23-18-14-16-21(17-15-18)24(19-10-6-4-7-11-19)20-12-8-5-9-13-20;3-2(4,5)1(6)7/h4-17H,1-3H3;(H,6,7)/q+1;/p-1. The number of halogens is 3. The Morgan fingerprint density at radius 1 is 0.742 bits per heavy atom. The molecular formula is C24H23F3O3S. The first kappa shape index (κ1) is 24.3. The number of carboxylic acids is 1. The van der Waals surface area contributed by atoms with E-state index in [0.29, 0.717) is 0 Å². The van der Waals surface area contributed by atoms with Crippen molar-refractivity contribution in [1.82, 2.24) is 0 Å². The fraction of sp³-hybridized carbons (Fsp3) is 0.208. The van der Waals surface area contributed by atoms with Crippen LogP contribution in [0.4, 0.5) is 13.2 Å². The summed E-state index contributed by atoms with van der Waals surface area (Å²) in [5, 5.41) is 8.78. The third kappa shape index (κ3) is 8.02. The van der Waals surface area contributed by atoms with Crippen LogP contribution in [0.15, 0.2) is 99.6 Å². The molecule has 0 aromatic heterocycles. The van der Waals surface area contributed by atoms with Crippen molar-refractivity contribution in [1.29, 1.82) is 0 Å². The number of benzene rings is 3. The van der Waals surface area contributed by atoms with Crippen LogP contribution in [-0.2, 0) is 15.7 Å². The molecule has 0 amide bonds. The number of carbonyl (C=O) groups excluding carboxylic acids is 1. The van der Waals surface area contributed by atoms with E-state index in [1.165, 1.54) is 14.7 Å². The Bertz CT molecular complexity index is 912. The molecule has 0 aliphatic carbocycles. The van der Waals surface area contributed by atoms with Gasteiger partial charge in [-0.3, -0.25) is 0 Å². The quantitative estimate of drug-likeness (QED) is 0.512. The normalized spacial score (nSPS) is 11.5. The van der Waals surface area contributed by atoms with Gasteiger partial charge in [-0.25, -0.2) is 0 Å². The Kier molecular flexibility index (Phi) is 8.16. The highest BCUT2D eigenvalue weighted by atomic mass is 32.2. The maximum atomic E-state index is 10.5. The summed E-state index contributed by atoms with van der Waals surface area (Å²) in [6, 6.07) is 29.9. The Labute approximate surface area is 182 Å². The Morgan fingerprint density at radius 3 is 1.42 bits per heavy atom. The molecular weight excluding hydrogens is 425 g/mol. The smallest absolute Gasteiger partial charge is 0.430 e. The lowest BCUT2D eigenvalue weighted by Gasteiger charge is -2.21. The molecule has 164 valence electrons. The number of aliphatic carboxylic acids is 1. The van der Waals surface area contributed by atoms with Crippen molar-refractivity contribution in [3.63, 3.8) is 0 Å². The second-order valence-corrected chi connectivity index (χ2v) is 9.43. The van der Waals surface area contributed by atoms with Crippen LogP contribution in [0.2, 0.25) is 0 Å². The molecule has 0 N–H and O–H groups in total. The van der Waals surface area contributed by atoms with Crippen LogP contribution in [0.5, 0.6) is 5.75 Å².